The average molecular weight is 399 g/mol. The molecule has 0 aliphatic carbocycles. The highest BCUT2D eigenvalue weighted by Crippen LogP contribution is 2.19. The molecule has 0 saturated heterocycles. The molecule has 0 aliphatic rings. The van der Waals surface area contributed by atoms with Gasteiger partial charge in [0.1, 0.15) is 0 Å². The number of benzene rings is 2. The molecule has 144 valence electrons. The molecule has 0 unspecified atom stereocenters. The van der Waals surface area contributed by atoms with Crippen molar-refractivity contribution in [2.24, 2.45) is 4.99 Å². The Morgan fingerprint density at radius 3 is 2.41 bits per heavy atom. The summed E-state index contributed by atoms with van der Waals surface area (Å²) in [4.78, 5) is 15.8. The summed E-state index contributed by atoms with van der Waals surface area (Å²) in [7, 11) is 1.53. The van der Waals surface area contributed by atoms with Crippen molar-refractivity contribution in [3.05, 3.63) is 64.4 Å². The molecule has 0 spiro atoms. The summed E-state index contributed by atoms with van der Waals surface area (Å²) in [5.41, 5.74) is 0.639. The number of amides is 1. The Hall–Kier alpha value is -2.74. The van der Waals surface area contributed by atoms with Gasteiger partial charge in [0.05, 0.1) is 12.2 Å². The Bertz CT molecular complexity index is 828. The van der Waals surface area contributed by atoms with Gasteiger partial charge in [-0.1, -0.05) is 23.7 Å². The van der Waals surface area contributed by atoms with Gasteiger partial charge >= 0.3 is 0 Å². The molecule has 0 bridgehead atoms. The summed E-state index contributed by atoms with van der Waals surface area (Å²) in [6, 6.07) is 9.09. The lowest BCUT2D eigenvalue weighted by Crippen LogP contribution is -2.42. The van der Waals surface area contributed by atoms with E-state index in [0.29, 0.717) is 23.9 Å². The first-order valence-corrected chi connectivity index (χ1v) is 8.41. The minimum absolute atomic E-state index is 0.237. The molecule has 0 heterocycles. The van der Waals surface area contributed by atoms with Gasteiger partial charge in [-0.15, -0.1) is 0 Å². The van der Waals surface area contributed by atoms with Crippen LogP contribution in [0.3, 0.4) is 0 Å². The van der Waals surface area contributed by atoms with Crippen LogP contribution in [0.1, 0.15) is 5.56 Å². The van der Waals surface area contributed by atoms with Crippen molar-refractivity contribution in [2.75, 3.05) is 25.5 Å². The monoisotopic (exact) mass is 398 g/mol. The van der Waals surface area contributed by atoms with Gasteiger partial charge in [0.25, 0.3) is 0 Å². The Morgan fingerprint density at radius 2 is 1.74 bits per heavy atom. The fourth-order valence-electron chi connectivity index (χ4n) is 2.18. The first-order chi connectivity index (χ1) is 12.9. The van der Waals surface area contributed by atoms with Crippen molar-refractivity contribution in [3.63, 3.8) is 0 Å². The standard InChI is InChI=1S/C18H18ClF3N4O/c1-23-18(24-9-8-11-2-4-12(19)5-3-11)25-10-15(27)26-14-7-6-13(20)16(21)17(14)22/h2-7H,8-10H2,1H3,(H,26,27)(H2,23,24,25). The van der Waals surface area contributed by atoms with E-state index in [-0.39, 0.29) is 6.54 Å². The van der Waals surface area contributed by atoms with E-state index in [1.807, 2.05) is 12.1 Å². The van der Waals surface area contributed by atoms with Gasteiger partial charge in [-0.3, -0.25) is 9.79 Å². The largest absolute Gasteiger partial charge is 0.356 e. The van der Waals surface area contributed by atoms with Crippen LogP contribution >= 0.6 is 11.6 Å². The van der Waals surface area contributed by atoms with Gasteiger partial charge in [-0.2, -0.15) is 0 Å². The molecule has 0 fully saturated rings. The maximum Gasteiger partial charge on any atom is 0.243 e. The van der Waals surface area contributed by atoms with Crippen LogP contribution in [0.2, 0.25) is 5.02 Å². The quantitative estimate of drug-likeness (QED) is 0.398. The minimum Gasteiger partial charge on any atom is -0.356 e. The van der Waals surface area contributed by atoms with E-state index in [1.165, 1.54) is 7.05 Å². The average Bonchev–Trinajstić information content (AvgIpc) is 2.66. The highest BCUT2D eigenvalue weighted by molar-refractivity contribution is 6.30. The second-order valence-electron chi connectivity index (χ2n) is 5.50. The summed E-state index contributed by atoms with van der Waals surface area (Å²) in [5.74, 6) is -4.69. The predicted molar refractivity (Wildman–Crippen MR) is 99.5 cm³/mol. The van der Waals surface area contributed by atoms with E-state index >= 15 is 0 Å². The molecule has 1 amide bonds. The predicted octanol–water partition coefficient (Wildman–Crippen LogP) is 3.10. The molecule has 0 atom stereocenters. The number of nitrogens with one attached hydrogen (secondary N) is 3. The number of guanidine groups is 1. The molecule has 0 aliphatic heterocycles. The highest BCUT2D eigenvalue weighted by atomic mass is 35.5. The van der Waals surface area contributed by atoms with E-state index < -0.39 is 29.0 Å². The lowest BCUT2D eigenvalue weighted by atomic mass is 10.1. The first kappa shape index (κ1) is 20.6. The van der Waals surface area contributed by atoms with E-state index in [1.54, 1.807) is 12.1 Å². The van der Waals surface area contributed by atoms with E-state index in [0.717, 1.165) is 17.7 Å². The normalized spacial score (nSPS) is 11.2. The van der Waals surface area contributed by atoms with Crippen molar-refractivity contribution in [3.8, 4) is 0 Å². The summed E-state index contributed by atoms with van der Waals surface area (Å²) in [5, 5.41) is 8.59. The third-order valence-corrected chi connectivity index (χ3v) is 3.82. The number of hydrogen-bond donors (Lipinski definition) is 3. The van der Waals surface area contributed by atoms with Gasteiger partial charge in [0.15, 0.2) is 23.4 Å². The molecule has 3 N–H and O–H groups in total. The Labute approximate surface area is 159 Å². The molecule has 0 aromatic heterocycles. The van der Waals surface area contributed by atoms with Crippen LogP contribution < -0.4 is 16.0 Å². The second kappa shape index (κ2) is 9.82. The summed E-state index contributed by atoms with van der Waals surface area (Å²) in [6.45, 7) is 0.319. The van der Waals surface area contributed by atoms with Gasteiger partial charge in [0, 0.05) is 18.6 Å². The summed E-state index contributed by atoms with van der Waals surface area (Å²) in [6.07, 6.45) is 0.712. The van der Waals surface area contributed by atoms with Crippen molar-refractivity contribution in [1.29, 1.82) is 0 Å². The number of carbonyl (C=O) groups is 1. The van der Waals surface area contributed by atoms with Crippen LogP contribution in [-0.4, -0.2) is 32.0 Å². The zero-order chi connectivity index (χ0) is 19.8. The van der Waals surface area contributed by atoms with E-state index in [9.17, 15) is 18.0 Å². The topological polar surface area (TPSA) is 65.5 Å². The molecule has 2 aromatic carbocycles. The maximum atomic E-state index is 13.5. The Kier molecular flexibility index (Phi) is 7.48. The van der Waals surface area contributed by atoms with Gasteiger partial charge in [-0.25, -0.2) is 13.2 Å². The number of hydrogen-bond acceptors (Lipinski definition) is 2. The van der Waals surface area contributed by atoms with Gasteiger partial charge in [-0.05, 0) is 36.2 Å². The van der Waals surface area contributed by atoms with Crippen LogP contribution in [0.4, 0.5) is 18.9 Å². The third kappa shape index (κ3) is 6.18. The number of aliphatic imine (C=N–C) groups is 1. The Morgan fingerprint density at radius 1 is 1.04 bits per heavy atom. The molecule has 2 rings (SSSR count). The first-order valence-electron chi connectivity index (χ1n) is 8.03. The third-order valence-electron chi connectivity index (χ3n) is 3.57. The fourth-order valence-corrected chi connectivity index (χ4v) is 2.30. The van der Waals surface area contributed by atoms with Gasteiger partial charge in [0.2, 0.25) is 5.91 Å². The number of carbonyl (C=O) groups excluding carboxylic acids is 1. The molecular weight excluding hydrogens is 381 g/mol. The van der Waals surface area contributed by atoms with E-state index in [4.69, 9.17) is 11.6 Å². The van der Waals surface area contributed by atoms with Crippen molar-refractivity contribution < 1.29 is 18.0 Å². The maximum absolute atomic E-state index is 13.5. The fraction of sp³-hybridized carbons (Fsp3) is 0.222. The second-order valence-corrected chi connectivity index (χ2v) is 5.94. The van der Waals surface area contributed by atoms with Crippen molar-refractivity contribution in [1.82, 2.24) is 10.6 Å². The zero-order valence-corrected chi connectivity index (χ0v) is 15.2. The number of nitrogens with zero attached hydrogens (tertiary/aromatic N) is 1. The molecule has 2 aromatic rings. The summed E-state index contributed by atoms with van der Waals surface area (Å²) < 4.78 is 39.6. The Balaban J connectivity index is 1.79. The lowest BCUT2D eigenvalue weighted by Gasteiger charge is -2.12. The van der Waals surface area contributed by atoms with Crippen LogP contribution in [0, 0.1) is 17.5 Å². The number of anilines is 1. The zero-order valence-electron chi connectivity index (χ0n) is 14.5. The SMILES string of the molecule is CN=C(NCCc1ccc(Cl)cc1)NCC(=O)Nc1ccc(F)c(F)c1F. The van der Waals surface area contributed by atoms with Crippen molar-refractivity contribution in [2.45, 2.75) is 6.42 Å². The molecule has 9 heteroatoms. The molecule has 27 heavy (non-hydrogen) atoms. The van der Waals surface area contributed by atoms with Crippen LogP contribution in [0.15, 0.2) is 41.4 Å². The number of halogens is 4. The van der Waals surface area contributed by atoms with Crippen LogP contribution in [0.5, 0.6) is 0 Å². The van der Waals surface area contributed by atoms with Crippen LogP contribution in [-0.2, 0) is 11.2 Å². The molecule has 0 saturated carbocycles. The minimum atomic E-state index is -1.64. The van der Waals surface area contributed by atoms with Crippen molar-refractivity contribution >= 4 is 29.2 Å². The smallest absolute Gasteiger partial charge is 0.243 e. The van der Waals surface area contributed by atoms with Crippen LogP contribution in [0.25, 0.3) is 0 Å². The van der Waals surface area contributed by atoms with E-state index in [2.05, 4.69) is 20.9 Å². The van der Waals surface area contributed by atoms with Gasteiger partial charge < -0.3 is 16.0 Å². The lowest BCUT2D eigenvalue weighted by molar-refractivity contribution is -0.115. The summed E-state index contributed by atoms with van der Waals surface area (Å²) >= 11 is 5.83. The molecule has 0 radical (unpaired) electrons. The molecule has 5 nitrogen and oxygen atoms in total. The number of rotatable bonds is 6. The molecular formula is C18H18ClF3N4O. The highest BCUT2D eigenvalue weighted by Gasteiger charge is 2.15.